The second-order valence-electron chi connectivity index (χ2n) is 11.8. The summed E-state index contributed by atoms with van der Waals surface area (Å²) in [4.78, 5) is 28.3. The van der Waals surface area contributed by atoms with Gasteiger partial charge in [0.1, 0.15) is 5.75 Å². The minimum absolute atomic E-state index is 0.249. The molecule has 2 aliphatic rings. The molecule has 1 atom stereocenters. The predicted octanol–water partition coefficient (Wildman–Crippen LogP) is 7.24. The standard InChI is InChI=1S/C33H35ClFNO6/c1-17-14-25-21(11-12-36(25)31(37)23-15-19(34)9-10-26(23)40-6)28(27(17)30(32(38)39)42-33(3,4)5)22-16-24(35)29-20(18(22)2)8-7-13-41-29/h9-10,14-16,30H,7-8,11-13H2,1-6H3,(H,38,39). The van der Waals surface area contributed by atoms with Crippen molar-refractivity contribution in [3.63, 3.8) is 0 Å². The molecule has 0 saturated carbocycles. The van der Waals surface area contributed by atoms with Crippen LogP contribution in [0.2, 0.25) is 5.02 Å². The zero-order valence-corrected chi connectivity index (χ0v) is 25.4. The van der Waals surface area contributed by atoms with Gasteiger partial charge in [0.25, 0.3) is 5.91 Å². The van der Waals surface area contributed by atoms with Crippen molar-refractivity contribution >= 4 is 29.2 Å². The number of ether oxygens (including phenoxy) is 3. The lowest BCUT2D eigenvalue weighted by Gasteiger charge is -2.30. The number of halogens is 2. The van der Waals surface area contributed by atoms with Gasteiger partial charge in [-0.25, -0.2) is 9.18 Å². The van der Waals surface area contributed by atoms with Crippen LogP contribution in [0.15, 0.2) is 30.3 Å². The van der Waals surface area contributed by atoms with Gasteiger partial charge < -0.3 is 24.2 Å². The van der Waals surface area contributed by atoms with Crippen molar-refractivity contribution in [1.82, 2.24) is 0 Å². The summed E-state index contributed by atoms with van der Waals surface area (Å²) in [6.45, 7) is 9.89. The number of amides is 1. The Balaban J connectivity index is 1.78. The lowest BCUT2D eigenvalue weighted by molar-refractivity contribution is -0.160. The first-order valence-corrected chi connectivity index (χ1v) is 14.4. The maximum absolute atomic E-state index is 15.6. The van der Waals surface area contributed by atoms with E-state index >= 15 is 4.39 Å². The van der Waals surface area contributed by atoms with Crippen LogP contribution in [0.4, 0.5) is 10.1 Å². The number of nitrogens with zero attached hydrogens (tertiary/aromatic N) is 1. The van der Waals surface area contributed by atoms with Crippen molar-refractivity contribution in [3.05, 3.63) is 74.6 Å². The first-order chi connectivity index (χ1) is 19.8. The summed E-state index contributed by atoms with van der Waals surface area (Å²) in [5.74, 6) is -1.30. The van der Waals surface area contributed by atoms with Gasteiger partial charge in [0.15, 0.2) is 17.7 Å². The quantitative estimate of drug-likeness (QED) is 0.323. The number of rotatable bonds is 6. The van der Waals surface area contributed by atoms with Gasteiger partial charge in [0.2, 0.25) is 0 Å². The molecule has 1 N–H and O–H groups in total. The van der Waals surface area contributed by atoms with Crippen LogP contribution in [0.3, 0.4) is 0 Å². The molecule has 2 aliphatic heterocycles. The normalized spacial score (nSPS) is 15.1. The van der Waals surface area contributed by atoms with Gasteiger partial charge in [-0.15, -0.1) is 0 Å². The summed E-state index contributed by atoms with van der Waals surface area (Å²) < 4.78 is 32.9. The minimum atomic E-state index is -1.32. The van der Waals surface area contributed by atoms with Crippen LogP contribution in [0.25, 0.3) is 11.1 Å². The molecule has 1 unspecified atom stereocenters. The molecule has 1 amide bonds. The fourth-order valence-electron chi connectivity index (χ4n) is 6.05. The molecule has 3 aromatic carbocycles. The molecule has 9 heteroatoms. The fourth-order valence-corrected chi connectivity index (χ4v) is 6.22. The Hall–Kier alpha value is -3.62. The van der Waals surface area contributed by atoms with E-state index < -0.39 is 23.5 Å². The van der Waals surface area contributed by atoms with E-state index in [1.807, 2.05) is 13.0 Å². The summed E-state index contributed by atoms with van der Waals surface area (Å²) in [5.41, 5.74) is 4.74. The van der Waals surface area contributed by atoms with Gasteiger partial charge in [-0.05, 0) is 112 Å². The third-order valence-electron chi connectivity index (χ3n) is 7.84. The number of hydrogen-bond donors (Lipinski definition) is 1. The molecule has 3 aromatic rings. The van der Waals surface area contributed by atoms with Gasteiger partial charge in [-0.3, -0.25) is 4.79 Å². The van der Waals surface area contributed by atoms with E-state index in [4.69, 9.17) is 25.8 Å². The number of carboxylic acid groups (broad SMARTS) is 1. The van der Waals surface area contributed by atoms with Crippen LogP contribution < -0.4 is 14.4 Å². The number of aliphatic carboxylic acids is 1. The molecule has 222 valence electrons. The van der Waals surface area contributed by atoms with Gasteiger partial charge >= 0.3 is 5.97 Å². The Morgan fingerprint density at radius 3 is 2.52 bits per heavy atom. The first-order valence-electron chi connectivity index (χ1n) is 14.0. The number of hydrogen-bond acceptors (Lipinski definition) is 5. The molecule has 0 bridgehead atoms. The number of carbonyl (C=O) groups is 2. The number of benzene rings is 3. The molecule has 2 heterocycles. The highest BCUT2D eigenvalue weighted by Gasteiger charge is 2.37. The number of methoxy groups -OCH3 is 1. The predicted molar refractivity (Wildman–Crippen MR) is 160 cm³/mol. The molecule has 7 nitrogen and oxygen atoms in total. The Morgan fingerprint density at radius 2 is 1.86 bits per heavy atom. The zero-order chi connectivity index (χ0) is 30.5. The second-order valence-corrected chi connectivity index (χ2v) is 12.2. The van der Waals surface area contributed by atoms with Gasteiger partial charge in [0.05, 0.1) is 24.9 Å². The van der Waals surface area contributed by atoms with Crippen LogP contribution in [0.1, 0.15) is 71.5 Å². The molecule has 0 spiro atoms. The SMILES string of the molecule is COc1ccc(Cl)cc1C(=O)N1CCc2c1cc(C)c(C(OC(C)(C)C)C(=O)O)c2-c1cc(F)c2c(c1C)CCCO2. The van der Waals surface area contributed by atoms with Gasteiger partial charge in [-0.1, -0.05) is 11.6 Å². The second kappa shape index (κ2) is 11.2. The van der Waals surface area contributed by atoms with Gasteiger partial charge in [0, 0.05) is 28.4 Å². The van der Waals surface area contributed by atoms with E-state index in [1.165, 1.54) is 13.2 Å². The molecular formula is C33H35ClFNO6. The molecule has 0 fully saturated rings. The van der Waals surface area contributed by atoms with Crippen molar-refractivity contribution in [2.45, 2.75) is 65.6 Å². The van der Waals surface area contributed by atoms with E-state index in [2.05, 4.69) is 0 Å². The lowest BCUT2D eigenvalue weighted by Crippen LogP contribution is -2.30. The van der Waals surface area contributed by atoms with Crippen molar-refractivity contribution in [2.75, 3.05) is 25.2 Å². The molecule has 0 radical (unpaired) electrons. The molecule has 0 saturated heterocycles. The number of carbonyl (C=O) groups excluding carboxylic acids is 1. The van der Waals surface area contributed by atoms with E-state index in [0.717, 1.165) is 23.1 Å². The highest BCUT2D eigenvalue weighted by atomic mass is 35.5. The Labute approximate surface area is 250 Å². The number of fused-ring (bicyclic) bond motifs is 2. The van der Waals surface area contributed by atoms with Crippen LogP contribution in [-0.2, 0) is 22.4 Å². The summed E-state index contributed by atoms with van der Waals surface area (Å²) in [6.07, 6.45) is 0.514. The van der Waals surface area contributed by atoms with Gasteiger partial charge in [-0.2, -0.15) is 0 Å². The maximum atomic E-state index is 15.6. The van der Waals surface area contributed by atoms with E-state index in [0.29, 0.717) is 70.3 Å². The van der Waals surface area contributed by atoms with E-state index in [-0.39, 0.29) is 11.7 Å². The van der Waals surface area contributed by atoms with Crippen LogP contribution >= 0.6 is 11.6 Å². The third kappa shape index (κ3) is 5.34. The molecule has 42 heavy (non-hydrogen) atoms. The molecule has 0 aromatic heterocycles. The van der Waals surface area contributed by atoms with Crippen LogP contribution in [-0.4, -0.2) is 42.8 Å². The average molecular weight is 596 g/mol. The topological polar surface area (TPSA) is 85.3 Å². The summed E-state index contributed by atoms with van der Waals surface area (Å²) in [5, 5.41) is 10.8. The molecule has 5 rings (SSSR count). The molecule has 0 aliphatic carbocycles. The van der Waals surface area contributed by atoms with E-state index in [9.17, 15) is 14.7 Å². The van der Waals surface area contributed by atoms with Crippen molar-refractivity contribution in [2.24, 2.45) is 0 Å². The monoisotopic (exact) mass is 595 g/mol. The first kappa shape index (κ1) is 29.9. The highest BCUT2D eigenvalue weighted by molar-refractivity contribution is 6.31. The third-order valence-corrected chi connectivity index (χ3v) is 8.07. The number of aryl methyl sites for hydroxylation is 1. The molecular weight excluding hydrogens is 561 g/mol. The summed E-state index contributed by atoms with van der Waals surface area (Å²) >= 11 is 6.24. The Kier molecular flexibility index (Phi) is 7.98. The van der Waals surface area contributed by atoms with Crippen molar-refractivity contribution in [3.8, 4) is 22.6 Å². The smallest absolute Gasteiger partial charge is 0.337 e. The lowest BCUT2D eigenvalue weighted by atomic mass is 9.83. The minimum Gasteiger partial charge on any atom is -0.496 e. The maximum Gasteiger partial charge on any atom is 0.337 e. The Bertz CT molecular complexity index is 1590. The summed E-state index contributed by atoms with van der Waals surface area (Å²) in [6, 6.07) is 8.13. The van der Waals surface area contributed by atoms with Crippen LogP contribution in [0, 0.1) is 19.7 Å². The van der Waals surface area contributed by atoms with Crippen LogP contribution in [0.5, 0.6) is 11.5 Å². The number of carboxylic acids is 1. The summed E-state index contributed by atoms with van der Waals surface area (Å²) in [7, 11) is 1.49. The van der Waals surface area contributed by atoms with Crippen molar-refractivity contribution in [1.29, 1.82) is 0 Å². The van der Waals surface area contributed by atoms with Crippen molar-refractivity contribution < 1.29 is 33.3 Å². The zero-order valence-electron chi connectivity index (χ0n) is 24.7. The number of anilines is 1. The van der Waals surface area contributed by atoms with E-state index in [1.54, 1.807) is 50.8 Å². The highest BCUT2D eigenvalue weighted by Crippen LogP contribution is 2.48. The Morgan fingerprint density at radius 1 is 1.12 bits per heavy atom. The fraction of sp³-hybridized carbons (Fsp3) is 0.394. The largest absolute Gasteiger partial charge is 0.496 e. The average Bonchev–Trinajstić information content (AvgIpc) is 3.35.